The molecule has 1 rings (SSSR count). The number of nitrogens with zero attached hydrogens (tertiary/aromatic N) is 2. The highest BCUT2D eigenvalue weighted by Gasteiger charge is 2.04. The molecule has 0 saturated carbocycles. The Morgan fingerprint density at radius 1 is 1.56 bits per heavy atom. The third-order valence-electron chi connectivity index (χ3n) is 1.72. The average Bonchev–Trinajstić information content (AvgIpc) is 2.34. The molecule has 2 N–H and O–H groups in total. The Hall–Kier alpha value is -1.02. The van der Waals surface area contributed by atoms with Gasteiger partial charge in [0.1, 0.15) is 18.0 Å². The predicted molar refractivity (Wildman–Crippen MR) is 63.0 cm³/mol. The van der Waals surface area contributed by atoms with Gasteiger partial charge in [0.25, 0.3) is 0 Å². The summed E-state index contributed by atoms with van der Waals surface area (Å²) in [6.45, 7) is 0.419. The molecule has 0 radical (unpaired) electrons. The smallest absolute Gasteiger partial charge is 0.139 e. The second kappa shape index (κ2) is 7.29. The molecule has 7 heteroatoms. The van der Waals surface area contributed by atoms with Crippen LogP contribution in [-0.4, -0.2) is 37.4 Å². The van der Waals surface area contributed by atoms with Gasteiger partial charge in [-0.3, -0.25) is 9.29 Å². The molecule has 0 unspecified atom stereocenters. The number of hydrogen-bond acceptors (Lipinski definition) is 7. The molecular weight excluding hydrogens is 230 g/mol. The van der Waals surface area contributed by atoms with Crippen LogP contribution in [0.4, 0.5) is 5.69 Å². The molecule has 90 valence electrons. The van der Waals surface area contributed by atoms with Crippen molar-refractivity contribution < 1.29 is 14.1 Å². The zero-order chi connectivity index (χ0) is 11.8. The Kier molecular flexibility index (Phi) is 5.94. The van der Waals surface area contributed by atoms with Gasteiger partial charge in [0, 0.05) is 19.7 Å². The fourth-order valence-corrected chi connectivity index (χ4v) is 1.34. The Balaban J connectivity index is 2.42. The highest BCUT2D eigenvalue weighted by atomic mass is 32.2. The zero-order valence-corrected chi connectivity index (χ0v) is 10.0. The molecule has 1 aromatic heterocycles. The van der Waals surface area contributed by atoms with Crippen LogP contribution in [0.1, 0.15) is 0 Å². The van der Waals surface area contributed by atoms with Gasteiger partial charge in [-0.05, 0) is 0 Å². The lowest BCUT2D eigenvalue weighted by Crippen LogP contribution is -2.18. The fraction of sp³-hybridized carbons (Fsp3) is 0.444. The van der Waals surface area contributed by atoms with Gasteiger partial charge in [-0.2, -0.15) is 5.48 Å². The van der Waals surface area contributed by atoms with E-state index in [4.69, 9.17) is 14.1 Å². The van der Waals surface area contributed by atoms with Gasteiger partial charge in [0.2, 0.25) is 0 Å². The number of rotatable bonds is 7. The minimum Gasteiger partial charge on any atom is -0.495 e. The first-order valence-corrected chi connectivity index (χ1v) is 5.38. The van der Waals surface area contributed by atoms with Crippen LogP contribution in [0.25, 0.3) is 0 Å². The van der Waals surface area contributed by atoms with Crippen molar-refractivity contribution in [3.05, 3.63) is 18.5 Å². The van der Waals surface area contributed by atoms with Gasteiger partial charge in [-0.25, -0.2) is 4.28 Å². The first kappa shape index (κ1) is 13.0. The highest BCUT2D eigenvalue weighted by Crippen LogP contribution is 2.23. The second-order valence-electron chi connectivity index (χ2n) is 2.86. The maximum absolute atomic E-state index is 8.52. The molecule has 0 atom stereocenters. The minimum atomic E-state index is 0.0327. The van der Waals surface area contributed by atoms with Gasteiger partial charge in [0.05, 0.1) is 31.8 Å². The molecule has 0 fully saturated rings. The Morgan fingerprint density at radius 3 is 3.06 bits per heavy atom. The van der Waals surface area contributed by atoms with Crippen molar-refractivity contribution in [2.45, 2.75) is 0 Å². The summed E-state index contributed by atoms with van der Waals surface area (Å²) < 4.78 is 11.9. The van der Waals surface area contributed by atoms with Crippen LogP contribution < -0.4 is 14.5 Å². The maximum atomic E-state index is 8.52. The Morgan fingerprint density at radius 2 is 2.38 bits per heavy atom. The number of aliphatic hydroxyl groups is 1. The van der Waals surface area contributed by atoms with Crippen molar-refractivity contribution in [3.8, 4) is 5.75 Å². The first-order chi connectivity index (χ1) is 7.77. The average molecular weight is 245 g/mol. The first-order valence-electron chi connectivity index (χ1n) is 4.68. The normalized spacial score (nSPS) is 10.2. The topological polar surface area (TPSA) is 66.9 Å². The molecular formula is C9H15N3O3S. The quantitative estimate of drug-likeness (QED) is 0.315. The Labute approximate surface area is 98.9 Å². The summed E-state index contributed by atoms with van der Waals surface area (Å²) in [5.41, 5.74) is 3.44. The van der Waals surface area contributed by atoms with Crippen molar-refractivity contribution in [2.24, 2.45) is 0 Å². The van der Waals surface area contributed by atoms with Crippen LogP contribution in [0.5, 0.6) is 5.75 Å². The lowest BCUT2D eigenvalue weighted by molar-refractivity contribution is 0.191. The van der Waals surface area contributed by atoms with E-state index in [1.807, 2.05) is 13.1 Å². The zero-order valence-electron chi connectivity index (χ0n) is 9.21. The van der Waals surface area contributed by atoms with E-state index in [2.05, 4.69) is 10.5 Å². The molecule has 0 aliphatic rings. The van der Waals surface area contributed by atoms with Gasteiger partial charge >= 0.3 is 0 Å². The SMILES string of the molecule is COc1cncc(N(C)SONCCO)c1. The Bertz CT molecular complexity index is 314. The number of hydrogen-bond donors (Lipinski definition) is 2. The number of aromatic nitrogens is 1. The van der Waals surface area contributed by atoms with E-state index in [0.29, 0.717) is 12.3 Å². The fourth-order valence-electron chi connectivity index (χ4n) is 0.904. The van der Waals surface area contributed by atoms with Crippen LogP contribution in [0, 0.1) is 0 Å². The van der Waals surface area contributed by atoms with E-state index in [1.165, 1.54) is 0 Å². The predicted octanol–water partition coefficient (Wildman–Crippen LogP) is 0.603. The molecule has 6 nitrogen and oxygen atoms in total. The summed E-state index contributed by atoms with van der Waals surface area (Å²) in [6, 6.07) is 1.84. The van der Waals surface area contributed by atoms with Gasteiger partial charge in [-0.1, -0.05) is 0 Å². The number of nitrogens with one attached hydrogen (secondary N) is 1. The second-order valence-corrected chi connectivity index (χ2v) is 3.72. The summed E-state index contributed by atoms with van der Waals surface area (Å²) in [5, 5.41) is 8.52. The molecule has 0 spiro atoms. The van der Waals surface area contributed by atoms with E-state index < -0.39 is 0 Å². The summed E-state index contributed by atoms with van der Waals surface area (Å²) in [4.78, 5) is 4.02. The standard InChI is InChI=1S/C9H15N3O3S/c1-12(16-15-11-3-4-13)8-5-9(14-2)7-10-6-8/h5-7,11,13H,3-4H2,1-2H3. The van der Waals surface area contributed by atoms with E-state index in [-0.39, 0.29) is 6.61 Å². The lowest BCUT2D eigenvalue weighted by Gasteiger charge is -2.16. The molecule has 1 heterocycles. The minimum absolute atomic E-state index is 0.0327. The van der Waals surface area contributed by atoms with E-state index >= 15 is 0 Å². The maximum Gasteiger partial charge on any atom is 0.139 e. The number of anilines is 1. The van der Waals surface area contributed by atoms with Gasteiger partial charge < -0.3 is 9.84 Å². The van der Waals surface area contributed by atoms with Gasteiger partial charge in [0.15, 0.2) is 0 Å². The summed E-state index contributed by atoms with van der Waals surface area (Å²) in [5.74, 6) is 0.688. The number of ether oxygens (including phenoxy) is 1. The third-order valence-corrected chi connectivity index (χ3v) is 2.35. The van der Waals surface area contributed by atoms with E-state index in [9.17, 15) is 0 Å². The van der Waals surface area contributed by atoms with Crippen LogP contribution in [0.3, 0.4) is 0 Å². The molecule has 0 bridgehead atoms. The van der Waals surface area contributed by atoms with E-state index in [1.54, 1.807) is 23.8 Å². The number of pyridine rings is 1. The summed E-state index contributed by atoms with van der Waals surface area (Å²) in [7, 11) is 3.43. The highest BCUT2D eigenvalue weighted by molar-refractivity contribution is 7.96. The van der Waals surface area contributed by atoms with Crippen LogP contribution in [0.2, 0.25) is 0 Å². The van der Waals surface area contributed by atoms with Crippen molar-refractivity contribution in [2.75, 3.05) is 31.6 Å². The molecule has 0 saturated heterocycles. The molecule has 1 aromatic rings. The molecule has 0 aliphatic carbocycles. The molecule has 16 heavy (non-hydrogen) atoms. The molecule has 0 aromatic carbocycles. The number of aliphatic hydroxyl groups excluding tert-OH is 1. The van der Waals surface area contributed by atoms with Crippen LogP contribution in [-0.2, 0) is 4.28 Å². The van der Waals surface area contributed by atoms with Crippen LogP contribution in [0.15, 0.2) is 18.5 Å². The summed E-state index contributed by atoms with van der Waals surface area (Å²) >= 11 is 1.10. The third kappa shape index (κ3) is 4.23. The monoisotopic (exact) mass is 245 g/mol. The van der Waals surface area contributed by atoms with Gasteiger partial charge in [-0.15, -0.1) is 0 Å². The largest absolute Gasteiger partial charge is 0.495 e. The van der Waals surface area contributed by atoms with Crippen molar-refractivity contribution in [1.29, 1.82) is 0 Å². The van der Waals surface area contributed by atoms with Crippen molar-refractivity contribution >= 4 is 17.9 Å². The number of hydroxylamine groups is 1. The molecule has 0 amide bonds. The van der Waals surface area contributed by atoms with Crippen LogP contribution >= 0.6 is 12.2 Å². The van der Waals surface area contributed by atoms with Crippen molar-refractivity contribution in [3.63, 3.8) is 0 Å². The van der Waals surface area contributed by atoms with E-state index in [0.717, 1.165) is 17.9 Å². The molecule has 0 aliphatic heterocycles. The van der Waals surface area contributed by atoms with Crippen molar-refractivity contribution in [1.82, 2.24) is 10.5 Å². The summed E-state index contributed by atoms with van der Waals surface area (Å²) in [6.07, 6.45) is 3.33. The lowest BCUT2D eigenvalue weighted by atomic mass is 10.4. The number of methoxy groups -OCH3 is 1.